The number of benzene rings is 2. The molecule has 11 heteroatoms. The Kier molecular flexibility index (Phi) is 11.2. The maximum atomic E-state index is 13.5. The molecule has 0 bridgehead atoms. The fourth-order valence-corrected chi connectivity index (χ4v) is 6.38. The number of fused-ring (bicyclic) bond motifs is 1. The van der Waals surface area contributed by atoms with Crippen molar-refractivity contribution in [2.45, 2.75) is 77.0 Å². The van der Waals surface area contributed by atoms with Crippen LogP contribution in [0.4, 0.5) is 5.69 Å². The highest BCUT2D eigenvalue weighted by atomic mass is 16.2. The monoisotopic (exact) mass is 627 g/mol. The van der Waals surface area contributed by atoms with Crippen molar-refractivity contribution in [3.05, 3.63) is 83.2 Å². The molecule has 0 spiro atoms. The minimum Gasteiger partial charge on any atom is -0.353 e. The van der Waals surface area contributed by atoms with Crippen molar-refractivity contribution in [1.82, 2.24) is 30.6 Å². The lowest BCUT2D eigenvalue weighted by molar-refractivity contribution is -0.128. The smallest absolute Gasteiger partial charge is 0.270 e. The highest BCUT2D eigenvalue weighted by Gasteiger charge is 2.32. The molecule has 0 saturated heterocycles. The Balaban J connectivity index is 1.17. The number of aryl methyl sites for hydroxylation is 1. The minimum atomic E-state index is -0.721. The zero-order valence-electron chi connectivity index (χ0n) is 26.8. The molecule has 1 aromatic heterocycles. The average Bonchev–Trinajstić information content (AvgIpc) is 3.69. The predicted octanol–water partition coefficient (Wildman–Crippen LogP) is 3.31. The first-order valence-corrected chi connectivity index (χ1v) is 16.4. The molecule has 2 heterocycles. The zero-order valence-corrected chi connectivity index (χ0v) is 26.8. The van der Waals surface area contributed by atoms with E-state index in [0.29, 0.717) is 30.9 Å². The van der Waals surface area contributed by atoms with Crippen LogP contribution < -0.4 is 21.3 Å². The van der Waals surface area contributed by atoms with Gasteiger partial charge in [0.2, 0.25) is 17.7 Å². The highest BCUT2D eigenvalue weighted by molar-refractivity contribution is 6.00. The van der Waals surface area contributed by atoms with E-state index in [2.05, 4.69) is 43.4 Å². The van der Waals surface area contributed by atoms with Gasteiger partial charge in [-0.25, -0.2) is 0 Å². The van der Waals surface area contributed by atoms with Gasteiger partial charge in [0.1, 0.15) is 17.8 Å². The Morgan fingerprint density at radius 2 is 1.59 bits per heavy atom. The fraction of sp³-hybridized carbons (Fsp3) is 0.457. The first-order chi connectivity index (χ1) is 22.3. The molecule has 2 aliphatic rings. The van der Waals surface area contributed by atoms with Gasteiger partial charge in [-0.2, -0.15) is 5.10 Å². The summed E-state index contributed by atoms with van der Waals surface area (Å²) in [5, 5.41) is 15.9. The van der Waals surface area contributed by atoms with Crippen LogP contribution in [0, 0.1) is 5.92 Å². The lowest BCUT2D eigenvalue weighted by atomic mass is 9.83. The molecule has 2 aromatic carbocycles. The summed E-state index contributed by atoms with van der Waals surface area (Å²) in [4.78, 5) is 54.3. The van der Waals surface area contributed by atoms with E-state index in [9.17, 15) is 19.2 Å². The summed E-state index contributed by atoms with van der Waals surface area (Å²) in [6, 6.07) is 15.9. The molecular formula is C35H45N7O4. The Bertz CT molecular complexity index is 1490. The number of carbonyl (C=O) groups excluding carboxylic acids is 4. The Hall–Kier alpha value is -4.51. The van der Waals surface area contributed by atoms with Crippen LogP contribution in [0.3, 0.4) is 0 Å². The van der Waals surface area contributed by atoms with Gasteiger partial charge >= 0.3 is 0 Å². The molecule has 3 aromatic rings. The summed E-state index contributed by atoms with van der Waals surface area (Å²) in [6.45, 7) is 4.68. The fourth-order valence-electron chi connectivity index (χ4n) is 6.38. The molecule has 46 heavy (non-hydrogen) atoms. The standard InChI is InChI=1S/C35H45N7O4/c1-3-31(43)39-29(33(44)36-19-20-42-22-26-11-7-8-12-27(26)23-42)21-24-13-15-28(16-14-24)38-35(46)32(25-9-5-4-6-10-25)40-34(45)30-17-18-37-41(30)2/h7-8,11-18,25,29,32H,3-6,9-10,19-23H2,1-2H3,(H,36,44)(H,38,46)(H,39,43)(H,40,45)/t29-,32+/m1/s1. The highest BCUT2D eigenvalue weighted by Crippen LogP contribution is 2.28. The lowest BCUT2D eigenvalue weighted by Gasteiger charge is -2.30. The summed E-state index contributed by atoms with van der Waals surface area (Å²) in [6.07, 6.45) is 7.09. The van der Waals surface area contributed by atoms with Crippen molar-refractivity contribution in [2.24, 2.45) is 13.0 Å². The number of anilines is 1. The van der Waals surface area contributed by atoms with E-state index in [1.54, 1.807) is 38.4 Å². The van der Waals surface area contributed by atoms with Crippen LogP contribution in [0.2, 0.25) is 0 Å². The second kappa shape index (κ2) is 15.7. The minimum absolute atomic E-state index is 0.0486. The summed E-state index contributed by atoms with van der Waals surface area (Å²) >= 11 is 0. The third kappa shape index (κ3) is 8.60. The summed E-state index contributed by atoms with van der Waals surface area (Å²) in [5.74, 6) is -0.961. The van der Waals surface area contributed by atoms with Crippen molar-refractivity contribution in [3.8, 4) is 0 Å². The van der Waals surface area contributed by atoms with E-state index < -0.39 is 12.1 Å². The predicted molar refractivity (Wildman–Crippen MR) is 176 cm³/mol. The second-order valence-electron chi connectivity index (χ2n) is 12.3. The first-order valence-electron chi connectivity index (χ1n) is 16.4. The molecule has 0 radical (unpaired) electrons. The van der Waals surface area contributed by atoms with Gasteiger partial charge in [-0.3, -0.25) is 28.8 Å². The van der Waals surface area contributed by atoms with E-state index in [0.717, 1.165) is 50.8 Å². The first kappa shape index (κ1) is 32.9. The molecule has 1 fully saturated rings. The van der Waals surface area contributed by atoms with E-state index in [4.69, 9.17) is 0 Å². The molecule has 1 saturated carbocycles. The molecule has 0 unspecified atom stereocenters. The molecule has 4 N–H and O–H groups in total. The molecule has 2 atom stereocenters. The van der Waals surface area contributed by atoms with Crippen LogP contribution in [0.25, 0.3) is 0 Å². The maximum Gasteiger partial charge on any atom is 0.270 e. The molecule has 1 aliphatic heterocycles. The molecule has 4 amide bonds. The largest absolute Gasteiger partial charge is 0.353 e. The zero-order chi connectivity index (χ0) is 32.5. The van der Waals surface area contributed by atoms with Gasteiger partial charge in [0, 0.05) is 58.0 Å². The van der Waals surface area contributed by atoms with Gasteiger partial charge in [0.25, 0.3) is 5.91 Å². The lowest BCUT2D eigenvalue weighted by Crippen LogP contribution is -2.49. The van der Waals surface area contributed by atoms with Crippen LogP contribution in [0.5, 0.6) is 0 Å². The number of rotatable bonds is 13. The topological polar surface area (TPSA) is 137 Å². The normalized spacial score (nSPS) is 16.2. The van der Waals surface area contributed by atoms with Gasteiger partial charge in [-0.05, 0) is 53.6 Å². The molecule has 5 rings (SSSR count). The third-order valence-corrected chi connectivity index (χ3v) is 9.01. The Morgan fingerprint density at radius 3 is 2.22 bits per heavy atom. The van der Waals surface area contributed by atoms with Crippen LogP contribution >= 0.6 is 0 Å². The van der Waals surface area contributed by atoms with Crippen molar-refractivity contribution in [3.63, 3.8) is 0 Å². The SMILES string of the molecule is CCC(=O)N[C@H](Cc1ccc(NC(=O)[C@@H](NC(=O)c2ccnn2C)C2CCCCC2)cc1)C(=O)NCCN1Cc2ccccc2C1. The number of hydrogen-bond acceptors (Lipinski definition) is 6. The van der Waals surface area contributed by atoms with E-state index in [1.807, 2.05) is 24.3 Å². The molecular weight excluding hydrogens is 582 g/mol. The number of carbonyl (C=O) groups is 4. The van der Waals surface area contributed by atoms with Gasteiger partial charge in [0.15, 0.2) is 0 Å². The van der Waals surface area contributed by atoms with E-state index >= 15 is 0 Å². The van der Waals surface area contributed by atoms with E-state index in [-0.39, 0.29) is 36.0 Å². The number of aromatic nitrogens is 2. The molecule has 244 valence electrons. The van der Waals surface area contributed by atoms with Gasteiger partial charge in [-0.15, -0.1) is 0 Å². The number of hydrogen-bond donors (Lipinski definition) is 4. The average molecular weight is 628 g/mol. The molecule has 11 nitrogen and oxygen atoms in total. The van der Waals surface area contributed by atoms with Crippen molar-refractivity contribution in [1.29, 1.82) is 0 Å². The van der Waals surface area contributed by atoms with Crippen LogP contribution in [0.1, 0.15) is 72.6 Å². The van der Waals surface area contributed by atoms with Crippen molar-refractivity contribution >= 4 is 29.3 Å². The number of nitrogens with zero attached hydrogens (tertiary/aromatic N) is 3. The summed E-state index contributed by atoms with van der Waals surface area (Å²) in [7, 11) is 1.70. The van der Waals surface area contributed by atoms with Crippen molar-refractivity contribution < 1.29 is 19.2 Å². The van der Waals surface area contributed by atoms with Crippen LogP contribution in [-0.4, -0.2) is 63.5 Å². The van der Waals surface area contributed by atoms with Crippen LogP contribution in [0.15, 0.2) is 60.8 Å². The van der Waals surface area contributed by atoms with Gasteiger partial charge in [0.05, 0.1) is 0 Å². The second-order valence-corrected chi connectivity index (χ2v) is 12.3. The van der Waals surface area contributed by atoms with E-state index in [1.165, 1.54) is 15.8 Å². The van der Waals surface area contributed by atoms with Crippen molar-refractivity contribution in [2.75, 3.05) is 18.4 Å². The Labute approximate surface area is 270 Å². The third-order valence-electron chi connectivity index (χ3n) is 9.01. The summed E-state index contributed by atoms with van der Waals surface area (Å²) in [5.41, 5.74) is 4.47. The Morgan fingerprint density at radius 1 is 0.891 bits per heavy atom. The number of nitrogens with one attached hydrogen (secondary N) is 4. The van der Waals surface area contributed by atoms with Gasteiger partial charge < -0.3 is 21.3 Å². The van der Waals surface area contributed by atoms with Crippen LogP contribution in [-0.2, 0) is 40.9 Å². The molecule has 1 aliphatic carbocycles. The number of amides is 4. The van der Waals surface area contributed by atoms with Gasteiger partial charge in [-0.1, -0.05) is 62.6 Å². The maximum absolute atomic E-state index is 13.5. The quantitative estimate of drug-likeness (QED) is 0.230. The summed E-state index contributed by atoms with van der Waals surface area (Å²) < 4.78 is 1.49.